The van der Waals surface area contributed by atoms with Gasteiger partial charge in [-0.15, -0.1) is 0 Å². The third kappa shape index (κ3) is 4.59. The molecule has 27 heavy (non-hydrogen) atoms. The van der Waals surface area contributed by atoms with E-state index in [4.69, 9.17) is 9.84 Å². The van der Waals surface area contributed by atoms with E-state index in [1.165, 1.54) is 0 Å². The van der Waals surface area contributed by atoms with Crippen LogP contribution >= 0.6 is 0 Å². The SMILES string of the molecule is COc1ccc2cc(C(C)C(=O)N3CCCC(CCC(=O)O)C3)ccc2c1. The highest BCUT2D eigenvalue weighted by Gasteiger charge is 2.27. The first-order valence-electron chi connectivity index (χ1n) is 9.56. The minimum Gasteiger partial charge on any atom is -0.497 e. The van der Waals surface area contributed by atoms with Gasteiger partial charge in [-0.2, -0.15) is 0 Å². The van der Waals surface area contributed by atoms with Gasteiger partial charge >= 0.3 is 5.97 Å². The van der Waals surface area contributed by atoms with Crippen LogP contribution in [0.4, 0.5) is 0 Å². The van der Waals surface area contributed by atoms with Crippen LogP contribution in [0.15, 0.2) is 36.4 Å². The molecule has 0 radical (unpaired) electrons. The number of hydrogen-bond acceptors (Lipinski definition) is 3. The van der Waals surface area contributed by atoms with E-state index in [0.29, 0.717) is 13.0 Å². The molecule has 2 aromatic rings. The number of carboxylic acids is 1. The second-order valence-electron chi connectivity index (χ2n) is 7.42. The van der Waals surface area contributed by atoms with Gasteiger partial charge in [0.1, 0.15) is 5.75 Å². The molecule has 1 aliphatic heterocycles. The van der Waals surface area contributed by atoms with E-state index >= 15 is 0 Å². The highest BCUT2D eigenvalue weighted by atomic mass is 16.5. The maximum Gasteiger partial charge on any atom is 0.303 e. The molecule has 1 aliphatic rings. The van der Waals surface area contributed by atoms with Crippen molar-refractivity contribution in [2.24, 2.45) is 5.92 Å². The van der Waals surface area contributed by atoms with Gasteiger partial charge < -0.3 is 14.7 Å². The highest BCUT2D eigenvalue weighted by molar-refractivity contribution is 5.88. The Morgan fingerprint density at radius 3 is 2.70 bits per heavy atom. The fourth-order valence-electron chi connectivity index (χ4n) is 3.88. The number of rotatable bonds is 6. The summed E-state index contributed by atoms with van der Waals surface area (Å²) in [7, 11) is 1.65. The van der Waals surface area contributed by atoms with Gasteiger partial charge in [-0.25, -0.2) is 0 Å². The summed E-state index contributed by atoms with van der Waals surface area (Å²) in [5.41, 5.74) is 1.00. The van der Waals surface area contributed by atoms with Gasteiger partial charge in [0.05, 0.1) is 13.0 Å². The largest absolute Gasteiger partial charge is 0.497 e. The molecule has 5 nitrogen and oxygen atoms in total. The highest BCUT2D eigenvalue weighted by Crippen LogP contribution is 2.28. The summed E-state index contributed by atoms with van der Waals surface area (Å²) in [5, 5.41) is 11.1. The lowest BCUT2D eigenvalue weighted by Crippen LogP contribution is -2.42. The van der Waals surface area contributed by atoms with Crippen molar-refractivity contribution in [1.82, 2.24) is 4.90 Å². The predicted molar refractivity (Wildman–Crippen MR) is 105 cm³/mol. The topological polar surface area (TPSA) is 66.8 Å². The number of carboxylic acid groups (broad SMARTS) is 1. The third-order valence-corrected chi connectivity index (χ3v) is 5.54. The number of likely N-dealkylation sites (tertiary alicyclic amines) is 1. The molecular formula is C22H27NO4. The Bertz CT molecular complexity index is 832. The lowest BCUT2D eigenvalue weighted by atomic mass is 9.91. The third-order valence-electron chi connectivity index (χ3n) is 5.54. The molecule has 1 fully saturated rings. The Balaban J connectivity index is 1.70. The number of amides is 1. The number of nitrogens with zero attached hydrogens (tertiary/aromatic N) is 1. The molecule has 0 aromatic heterocycles. The Morgan fingerprint density at radius 2 is 1.96 bits per heavy atom. The van der Waals surface area contributed by atoms with Crippen LogP contribution < -0.4 is 4.74 Å². The quantitative estimate of drug-likeness (QED) is 0.834. The van der Waals surface area contributed by atoms with E-state index in [2.05, 4.69) is 6.07 Å². The minimum atomic E-state index is -0.764. The average Bonchev–Trinajstić information content (AvgIpc) is 2.70. The molecule has 1 amide bonds. The smallest absolute Gasteiger partial charge is 0.303 e. The summed E-state index contributed by atoms with van der Waals surface area (Å²) in [6.07, 6.45) is 2.77. The summed E-state index contributed by atoms with van der Waals surface area (Å²) in [4.78, 5) is 25.7. The molecule has 0 aliphatic carbocycles. The first-order chi connectivity index (χ1) is 13.0. The molecule has 5 heteroatoms. The summed E-state index contributed by atoms with van der Waals surface area (Å²) >= 11 is 0. The number of carbonyl (C=O) groups is 2. The summed E-state index contributed by atoms with van der Waals surface area (Å²) in [6.45, 7) is 3.38. The van der Waals surface area contributed by atoms with Gasteiger partial charge in [-0.3, -0.25) is 9.59 Å². The lowest BCUT2D eigenvalue weighted by molar-refractivity contribution is -0.137. The van der Waals surface area contributed by atoms with Crippen LogP contribution in [0.2, 0.25) is 0 Å². The summed E-state index contributed by atoms with van der Waals surface area (Å²) in [6, 6.07) is 12.0. The first-order valence-corrected chi connectivity index (χ1v) is 9.56. The number of ether oxygens (including phenoxy) is 1. The second kappa shape index (κ2) is 8.42. The molecule has 2 unspecified atom stereocenters. The Morgan fingerprint density at radius 1 is 1.22 bits per heavy atom. The fourth-order valence-corrected chi connectivity index (χ4v) is 3.88. The molecule has 2 atom stereocenters. The molecule has 0 bridgehead atoms. The molecule has 1 N–H and O–H groups in total. The van der Waals surface area contributed by atoms with Crippen LogP contribution in [-0.4, -0.2) is 42.1 Å². The van der Waals surface area contributed by atoms with E-state index in [0.717, 1.165) is 41.5 Å². The zero-order chi connectivity index (χ0) is 19.4. The van der Waals surface area contributed by atoms with Gasteiger partial charge in [-0.1, -0.05) is 24.3 Å². The van der Waals surface area contributed by atoms with E-state index in [9.17, 15) is 9.59 Å². The molecule has 144 valence electrons. The first kappa shape index (κ1) is 19.2. The van der Waals surface area contributed by atoms with Crippen molar-refractivity contribution in [2.45, 2.75) is 38.5 Å². The average molecular weight is 369 g/mol. The van der Waals surface area contributed by atoms with E-state index in [-0.39, 0.29) is 24.2 Å². The van der Waals surface area contributed by atoms with Crippen LogP contribution in [0.5, 0.6) is 5.75 Å². The van der Waals surface area contributed by atoms with E-state index in [1.54, 1.807) is 7.11 Å². The van der Waals surface area contributed by atoms with Crippen molar-refractivity contribution in [3.63, 3.8) is 0 Å². The van der Waals surface area contributed by atoms with Crippen LogP contribution in [-0.2, 0) is 9.59 Å². The number of piperidine rings is 1. The lowest BCUT2D eigenvalue weighted by Gasteiger charge is -2.34. The molecule has 0 spiro atoms. The standard InChI is InChI=1S/C22H27NO4/c1-15(17-6-7-19-13-20(27-2)9-8-18(19)12-17)22(26)23-11-3-4-16(14-23)5-10-21(24)25/h6-9,12-13,15-16H,3-5,10-11,14H2,1-2H3,(H,24,25). The number of fused-ring (bicyclic) bond motifs is 1. The Hall–Kier alpha value is -2.56. The van der Waals surface area contributed by atoms with Gasteiger partial charge in [0.15, 0.2) is 0 Å². The molecule has 1 heterocycles. The van der Waals surface area contributed by atoms with Crippen molar-refractivity contribution in [1.29, 1.82) is 0 Å². The van der Waals surface area contributed by atoms with E-state index < -0.39 is 5.97 Å². The van der Waals surface area contributed by atoms with Crippen molar-refractivity contribution in [3.05, 3.63) is 42.0 Å². The maximum atomic E-state index is 13.0. The predicted octanol–water partition coefficient (Wildman–Crippen LogP) is 4.06. The molecule has 1 saturated heterocycles. The van der Waals surface area contributed by atoms with Crippen molar-refractivity contribution >= 4 is 22.6 Å². The van der Waals surface area contributed by atoms with Crippen LogP contribution in [0.25, 0.3) is 10.8 Å². The van der Waals surface area contributed by atoms with Gasteiger partial charge in [0.2, 0.25) is 5.91 Å². The number of aliphatic carboxylic acids is 1. The van der Waals surface area contributed by atoms with Crippen molar-refractivity contribution in [2.75, 3.05) is 20.2 Å². The zero-order valence-electron chi connectivity index (χ0n) is 16.0. The minimum absolute atomic E-state index is 0.128. The van der Waals surface area contributed by atoms with Gasteiger partial charge in [0.25, 0.3) is 0 Å². The number of hydrogen-bond donors (Lipinski definition) is 1. The molecular weight excluding hydrogens is 342 g/mol. The molecule has 3 rings (SSSR count). The van der Waals surface area contributed by atoms with E-state index in [1.807, 2.05) is 42.2 Å². The molecule has 0 saturated carbocycles. The summed E-state index contributed by atoms with van der Waals surface area (Å²) < 4.78 is 5.26. The fraction of sp³-hybridized carbons (Fsp3) is 0.455. The summed E-state index contributed by atoms with van der Waals surface area (Å²) in [5.74, 6) is 0.257. The van der Waals surface area contributed by atoms with Gasteiger partial charge in [0, 0.05) is 19.5 Å². The number of carbonyl (C=O) groups excluding carboxylic acids is 1. The number of methoxy groups -OCH3 is 1. The van der Waals surface area contributed by atoms with Crippen molar-refractivity contribution < 1.29 is 19.4 Å². The van der Waals surface area contributed by atoms with Crippen LogP contribution in [0, 0.1) is 5.92 Å². The normalized spacial score (nSPS) is 18.3. The Labute approximate surface area is 159 Å². The van der Waals surface area contributed by atoms with Crippen molar-refractivity contribution in [3.8, 4) is 5.75 Å². The second-order valence-corrected chi connectivity index (χ2v) is 7.42. The zero-order valence-corrected chi connectivity index (χ0v) is 16.0. The molecule has 2 aromatic carbocycles. The Kier molecular flexibility index (Phi) is 5.99. The monoisotopic (exact) mass is 369 g/mol. The van der Waals surface area contributed by atoms with Crippen LogP contribution in [0.1, 0.15) is 44.1 Å². The number of benzene rings is 2. The van der Waals surface area contributed by atoms with Gasteiger partial charge in [-0.05, 0) is 60.6 Å². The maximum absolute atomic E-state index is 13.0. The van der Waals surface area contributed by atoms with Crippen LogP contribution in [0.3, 0.4) is 0 Å².